The van der Waals surface area contributed by atoms with Crippen LogP contribution in [0.4, 0.5) is 0 Å². The fourth-order valence-electron chi connectivity index (χ4n) is 2.45. The van der Waals surface area contributed by atoms with Crippen LogP contribution in [0.2, 0.25) is 0 Å². The molecule has 0 spiro atoms. The van der Waals surface area contributed by atoms with Gasteiger partial charge < -0.3 is 9.42 Å². The number of hydrogen-bond acceptors (Lipinski definition) is 3. The van der Waals surface area contributed by atoms with Crippen molar-refractivity contribution in [3.05, 3.63) is 17.0 Å². The molecule has 0 saturated carbocycles. The Labute approximate surface area is 102 Å². The number of carbonyl (C=O) groups is 1. The van der Waals surface area contributed by atoms with Crippen molar-refractivity contribution in [1.82, 2.24) is 10.1 Å². The third-order valence-corrected chi connectivity index (χ3v) is 3.72. The second kappa shape index (κ2) is 4.90. The highest BCUT2D eigenvalue weighted by Crippen LogP contribution is 2.23. The molecule has 94 valence electrons. The van der Waals surface area contributed by atoms with Gasteiger partial charge in [-0.2, -0.15) is 0 Å². The predicted molar refractivity (Wildman–Crippen MR) is 64.9 cm³/mol. The lowest BCUT2D eigenvalue weighted by atomic mass is 9.99. The third-order valence-electron chi connectivity index (χ3n) is 3.72. The molecule has 1 amide bonds. The van der Waals surface area contributed by atoms with Crippen LogP contribution >= 0.6 is 0 Å². The second-order valence-electron chi connectivity index (χ2n) is 4.77. The highest BCUT2D eigenvalue weighted by atomic mass is 16.5. The number of carbonyl (C=O) groups excluding carboxylic acids is 1. The van der Waals surface area contributed by atoms with Crippen LogP contribution in [0, 0.1) is 13.8 Å². The fraction of sp³-hybridized carbons (Fsp3) is 0.692. The molecule has 1 atom stereocenters. The van der Waals surface area contributed by atoms with Crippen molar-refractivity contribution in [3.8, 4) is 0 Å². The Hall–Kier alpha value is -1.32. The molecule has 4 heteroatoms. The van der Waals surface area contributed by atoms with Gasteiger partial charge in [0.2, 0.25) is 0 Å². The molecule has 1 aromatic rings. The van der Waals surface area contributed by atoms with E-state index in [1.807, 2.05) is 18.7 Å². The SMILES string of the molecule is CCC1CCCCN1C(=O)c1noc(C)c1C. The lowest BCUT2D eigenvalue weighted by Gasteiger charge is -2.34. The molecule has 0 aliphatic carbocycles. The molecule has 17 heavy (non-hydrogen) atoms. The topological polar surface area (TPSA) is 46.3 Å². The minimum atomic E-state index is 0.0332. The zero-order chi connectivity index (χ0) is 12.4. The van der Waals surface area contributed by atoms with Crippen molar-refractivity contribution in [2.45, 2.75) is 52.5 Å². The summed E-state index contributed by atoms with van der Waals surface area (Å²) in [7, 11) is 0. The summed E-state index contributed by atoms with van der Waals surface area (Å²) in [4.78, 5) is 14.4. The van der Waals surface area contributed by atoms with E-state index in [4.69, 9.17) is 4.52 Å². The lowest BCUT2D eigenvalue weighted by Crippen LogP contribution is -2.43. The zero-order valence-corrected chi connectivity index (χ0v) is 10.8. The van der Waals surface area contributed by atoms with Crippen LogP contribution in [-0.4, -0.2) is 28.6 Å². The molecule has 1 unspecified atom stereocenters. The van der Waals surface area contributed by atoms with Crippen molar-refractivity contribution in [2.75, 3.05) is 6.54 Å². The van der Waals surface area contributed by atoms with Gasteiger partial charge in [0.25, 0.3) is 5.91 Å². The van der Waals surface area contributed by atoms with Gasteiger partial charge in [0.1, 0.15) is 5.76 Å². The van der Waals surface area contributed by atoms with Gasteiger partial charge in [0.05, 0.1) is 0 Å². The molecule has 0 radical (unpaired) electrons. The first-order valence-corrected chi connectivity index (χ1v) is 6.39. The molecular weight excluding hydrogens is 216 g/mol. The highest BCUT2D eigenvalue weighted by molar-refractivity contribution is 5.94. The van der Waals surface area contributed by atoms with E-state index in [1.165, 1.54) is 6.42 Å². The average Bonchev–Trinajstić information content (AvgIpc) is 2.69. The highest BCUT2D eigenvalue weighted by Gasteiger charge is 2.29. The number of amides is 1. The first-order chi connectivity index (χ1) is 8.15. The Balaban J connectivity index is 2.21. The van der Waals surface area contributed by atoms with Crippen LogP contribution in [-0.2, 0) is 0 Å². The largest absolute Gasteiger partial charge is 0.361 e. The molecular formula is C13H20N2O2. The molecule has 1 aliphatic rings. The van der Waals surface area contributed by atoms with E-state index in [2.05, 4.69) is 12.1 Å². The number of rotatable bonds is 2. The third kappa shape index (κ3) is 2.21. The van der Waals surface area contributed by atoms with Gasteiger partial charge in [-0.05, 0) is 39.5 Å². The molecule has 0 bridgehead atoms. The van der Waals surface area contributed by atoms with Crippen LogP contribution < -0.4 is 0 Å². The van der Waals surface area contributed by atoms with Gasteiger partial charge in [0, 0.05) is 18.2 Å². The minimum Gasteiger partial charge on any atom is -0.361 e. The molecule has 1 fully saturated rings. The van der Waals surface area contributed by atoms with Gasteiger partial charge in [-0.15, -0.1) is 0 Å². The van der Waals surface area contributed by atoms with E-state index in [-0.39, 0.29) is 5.91 Å². The molecule has 1 aliphatic heterocycles. The number of nitrogens with zero attached hydrogens (tertiary/aromatic N) is 2. The number of aryl methyl sites for hydroxylation is 1. The summed E-state index contributed by atoms with van der Waals surface area (Å²) in [5.74, 6) is 0.768. The van der Waals surface area contributed by atoms with E-state index in [9.17, 15) is 4.79 Å². The number of hydrogen-bond donors (Lipinski definition) is 0. The van der Waals surface area contributed by atoms with Gasteiger partial charge >= 0.3 is 0 Å². The van der Waals surface area contributed by atoms with Gasteiger partial charge in [-0.1, -0.05) is 12.1 Å². The minimum absolute atomic E-state index is 0.0332. The van der Waals surface area contributed by atoms with Crippen molar-refractivity contribution >= 4 is 5.91 Å². The molecule has 1 aromatic heterocycles. The molecule has 0 aromatic carbocycles. The molecule has 2 heterocycles. The quantitative estimate of drug-likeness (QED) is 0.793. The zero-order valence-electron chi connectivity index (χ0n) is 10.8. The summed E-state index contributed by atoms with van der Waals surface area (Å²) in [5.41, 5.74) is 1.36. The van der Waals surface area contributed by atoms with E-state index in [0.717, 1.165) is 37.1 Å². The summed E-state index contributed by atoms with van der Waals surface area (Å²) >= 11 is 0. The molecule has 0 N–H and O–H groups in total. The van der Waals surface area contributed by atoms with Crippen molar-refractivity contribution in [1.29, 1.82) is 0 Å². The Kier molecular flexibility index (Phi) is 3.50. The maximum absolute atomic E-state index is 12.4. The maximum atomic E-state index is 12.4. The van der Waals surface area contributed by atoms with E-state index in [1.54, 1.807) is 0 Å². The first kappa shape index (κ1) is 12.1. The lowest BCUT2D eigenvalue weighted by molar-refractivity contribution is 0.0597. The van der Waals surface area contributed by atoms with E-state index in [0.29, 0.717) is 11.7 Å². The standard InChI is InChI=1S/C13H20N2O2/c1-4-11-7-5-6-8-15(11)13(16)12-9(2)10(3)17-14-12/h11H,4-8H2,1-3H3. The monoisotopic (exact) mass is 236 g/mol. The van der Waals surface area contributed by atoms with Crippen LogP contribution in [0.1, 0.15) is 54.4 Å². The first-order valence-electron chi connectivity index (χ1n) is 6.39. The van der Waals surface area contributed by atoms with E-state index >= 15 is 0 Å². The summed E-state index contributed by atoms with van der Waals surface area (Å²) in [5, 5.41) is 3.89. The summed E-state index contributed by atoms with van der Waals surface area (Å²) in [6.07, 6.45) is 4.44. The van der Waals surface area contributed by atoms with Crippen LogP contribution in [0.15, 0.2) is 4.52 Å². The molecule has 4 nitrogen and oxygen atoms in total. The summed E-state index contributed by atoms with van der Waals surface area (Å²) < 4.78 is 5.08. The number of aromatic nitrogens is 1. The average molecular weight is 236 g/mol. The Bertz CT molecular complexity index is 412. The van der Waals surface area contributed by atoms with Crippen molar-refractivity contribution in [3.63, 3.8) is 0 Å². The summed E-state index contributed by atoms with van der Waals surface area (Å²) in [6.45, 7) is 6.72. The van der Waals surface area contributed by atoms with Crippen LogP contribution in [0.3, 0.4) is 0 Å². The van der Waals surface area contributed by atoms with Crippen molar-refractivity contribution in [2.24, 2.45) is 0 Å². The smallest absolute Gasteiger partial charge is 0.276 e. The van der Waals surface area contributed by atoms with Gasteiger partial charge in [0.15, 0.2) is 5.69 Å². The second-order valence-corrected chi connectivity index (χ2v) is 4.77. The van der Waals surface area contributed by atoms with Crippen LogP contribution in [0.5, 0.6) is 0 Å². The van der Waals surface area contributed by atoms with Gasteiger partial charge in [-0.25, -0.2) is 0 Å². The van der Waals surface area contributed by atoms with Gasteiger partial charge in [-0.3, -0.25) is 4.79 Å². The molecule has 2 rings (SSSR count). The fourth-order valence-corrected chi connectivity index (χ4v) is 2.45. The number of piperidine rings is 1. The predicted octanol–water partition coefficient (Wildman–Crippen LogP) is 2.70. The Morgan fingerprint density at radius 3 is 2.82 bits per heavy atom. The number of likely N-dealkylation sites (tertiary alicyclic amines) is 1. The Morgan fingerprint density at radius 2 is 2.24 bits per heavy atom. The summed E-state index contributed by atoms with van der Waals surface area (Å²) in [6, 6.07) is 0.368. The maximum Gasteiger partial charge on any atom is 0.276 e. The van der Waals surface area contributed by atoms with Crippen molar-refractivity contribution < 1.29 is 9.32 Å². The van der Waals surface area contributed by atoms with E-state index < -0.39 is 0 Å². The Morgan fingerprint density at radius 1 is 1.47 bits per heavy atom. The molecule has 1 saturated heterocycles. The normalized spacial score (nSPS) is 20.6. The van der Waals surface area contributed by atoms with Crippen LogP contribution in [0.25, 0.3) is 0 Å².